The zero-order valence-corrected chi connectivity index (χ0v) is 13.4. The number of rotatable bonds is 6. The molecule has 0 spiro atoms. The van der Waals surface area contributed by atoms with Crippen LogP contribution in [0.5, 0.6) is 0 Å². The van der Waals surface area contributed by atoms with Gasteiger partial charge in [0.2, 0.25) is 5.91 Å². The van der Waals surface area contributed by atoms with Crippen molar-refractivity contribution in [1.29, 1.82) is 0 Å². The van der Waals surface area contributed by atoms with Gasteiger partial charge in [-0.1, -0.05) is 0 Å². The van der Waals surface area contributed by atoms with Gasteiger partial charge in [-0.2, -0.15) is 0 Å². The highest BCUT2D eigenvalue weighted by Crippen LogP contribution is 2.17. The van der Waals surface area contributed by atoms with E-state index in [0.29, 0.717) is 38.2 Å². The SMILES string of the molecule is COCCN1C[C@@H](CNC(=O)c2ccc(C)nc2C)CC1=O. The third-order valence-corrected chi connectivity index (χ3v) is 3.88. The van der Waals surface area contributed by atoms with Crippen LogP contribution in [-0.2, 0) is 9.53 Å². The van der Waals surface area contributed by atoms with Crippen LogP contribution in [0.1, 0.15) is 28.2 Å². The van der Waals surface area contributed by atoms with Crippen LogP contribution in [0.15, 0.2) is 12.1 Å². The van der Waals surface area contributed by atoms with E-state index >= 15 is 0 Å². The number of hydrogen-bond donors (Lipinski definition) is 1. The fraction of sp³-hybridized carbons (Fsp3) is 0.562. The molecule has 0 aromatic carbocycles. The number of amides is 2. The summed E-state index contributed by atoms with van der Waals surface area (Å²) in [4.78, 5) is 30.1. The normalized spacial score (nSPS) is 17.9. The maximum absolute atomic E-state index is 12.2. The van der Waals surface area contributed by atoms with Crippen molar-refractivity contribution in [2.24, 2.45) is 5.92 Å². The topological polar surface area (TPSA) is 71.5 Å². The molecular weight excluding hydrogens is 282 g/mol. The fourth-order valence-corrected chi connectivity index (χ4v) is 2.67. The summed E-state index contributed by atoms with van der Waals surface area (Å²) in [5.41, 5.74) is 2.21. The second-order valence-electron chi connectivity index (χ2n) is 5.70. The number of carbonyl (C=O) groups excluding carboxylic acids is 2. The second kappa shape index (κ2) is 7.35. The molecule has 2 amide bonds. The summed E-state index contributed by atoms with van der Waals surface area (Å²) in [5, 5.41) is 2.91. The van der Waals surface area contributed by atoms with Gasteiger partial charge in [0.15, 0.2) is 0 Å². The van der Waals surface area contributed by atoms with Gasteiger partial charge in [-0.05, 0) is 26.0 Å². The molecule has 1 saturated heterocycles. The van der Waals surface area contributed by atoms with Crippen LogP contribution >= 0.6 is 0 Å². The molecule has 1 fully saturated rings. The Morgan fingerprint density at radius 2 is 2.23 bits per heavy atom. The number of likely N-dealkylation sites (tertiary alicyclic amines) is 1. The number of nitrogens with zero attached hydrogens (tertiary/aromatic N) is 2. The van der Waals surface area contributed by atoms with Gasteiger partial charge in [-0.25, -0.2) is 0 Å². The molecule has 120 valence electrons. The minimum Gasteiger partial charge on any atom is -0.383 e. The van der Waals surface area contributed by atoms with E-state index in [4.69, 9.17) is 4.74 Å². The fourth-order valence-electron chi connectivity index (χ4n) is 2.67. The summed E-state index contributed by atoms with van der Waals surface area (Å²) in [7, 11) is 1.62. The van der Waals surface area contributed by atoms with Gasteiger partial charge in [-0.15, -0.1) is 0 Å². The van der Waals surface area contributed by atoms with Crippen LogP contribution in [0.4, 0.5) is 0 Å². The Balaban J connectivity index is 1.85. The highest BCUT2D eigenvalue weighted by atomic mass is 16.5. The summed E-state index contributed by atoms with van der Waals surface area (Å²) in [5.74, 6) is 0.157. The summed E-state index contributed by atoms with van der Waals surface area (Å²) in [6, 6.07) is 3.62. The molecule has 6 heteroatoms. The molecule has 22 heavy (non-hydrogen) atoms. The third-order valence-electron chi connectivity index (χ3n) is 3.88. The molecule has 1 atom stereocenters. The Morgan fingerprint density at radius 3 is 2.91 bits per heavy atom. The van der Waals surface area contributed by atoms with E-state index < -0.39 is 0 Å². The summed E-state index contributed by atoms with van der Waals surface area (Å²) >= 11 is 0. The number of pyridine rings is 1. The van der Waals surface area contributed by atoms with Crippen molar-refractivity contribution < 1.29 is 14.3 Å². The molecule has 1 aromatic heterocycles. The van der Waals surface area contributed by atoms with E-state index in [-0.39, 0.29) is 17.7 Å². The number of carbonyl (C=O) groups is 2. The quantitative estimate of drug-likeness (QED) is 0.848. The lowest BCUT2D eigenvalue weighted by molar-refractivity contribution is -0.128. The number of aryl methyl sites for hydroxylation is 2. The Hall–Kier alpha value is -1.95. The first-order valence-corrected chi connectivity index (χ1v) is 7.50. The van der Waals surface area contributed by atoms with Crippen LogP contribution in [0, 0.1) is 19.8 Å². The highest BCUT2D eigenvalue weighted by Gasteiger charge is 2.29. The minimum atomic E-state index is -0.132. The molecule has 1 N–H and O–H groups in total. The Labute approximate surface area is 130 Å². The van der Waals surface area contributed by atoms with Gasteiger partial charge in [-0.3, -0.25) is 14.6 Å². The van der Waals surface area contributed by atoms with Crippen molar-refractivity contribution in [1.82, 2.24) is 15.2 Å². The lowest BCUT2D eigenvalue weighted by Gasteiger charge is -2.16. The van der Waals surface area contributed by atoms with Crippen molar-refractivity contribution in [3.63, 3.8) is 0 Å². The highest BCUT2D eigenvalue weighted by molar-refractivity contribution is 5.95. The maximum atomic E-state index is 12.2. The first-order valence-electron chi connectivity index (χ1n) is 7.50. The molecule has 6 nitrogen and oxygen atoms in total. The summed E-state index contributed by atoms with van der Waals surface area (Å²) in [6.07, 6.45) is 0.481. The number of hydrogen-bond acceptors (Lipinski definition) is 4. The van der Waals surface area contributed by atoms with Crippen LogP contribution in [0.25, 0.3) is 0 Å². The number of methoxy groups -OCH3 is 1. The lowest BCUT2D eigenvalue weighted by Crippen LogP contribution is -2.32. The predicted octanol–water partition coefficient (Wildman–Crippen LogP) is 0.923. The van der Waals surface area contributed by atoms with Gasteiger partial charge in [0, 0.05) is 44.8 Å². The molecule has 0 unspecified atom stereocenters. The van der Waals surface area contributed by atoms with E-state index in [1.165, 1.54) is 0 Å². The standard InChI is InChI=1S/C16H23N3O3/c1-11-4-5-14(12(2)18-11)16(21)17-9-13-8-15(20)19(10-13)6-7-22-3/h4-5,13H,6-10H2,1-3H3,(H,17,21)/t13-/m1/s1. The lowest BCUT2D eigenvalue weighted by atomic mass is 10.1. The van der Waals surface area contributed by atoms with Gasteiger partial charge in [0.05, 0.1) is 17.9 Å². The molecule has 2 rings (SSSR count). The van der Waals surface area contributed by atoms with Crippen LogP contribution in [-0.4, -0.2) is 55.0 Å². The van der Waals surface area contributed by atoms with Gasteiger partial charge in [0.1, 0.15) is 0 Å². The summed E-state index contributed by atoms with van der Waals surface area (Å²) < 4.78 is 5.00. The number of aromatic nitrogens is 1. The smallest absolute Gasteiger partial charge is 0.253 e. The van der Waals surface area contributed by atoms with Crippen molar-refractivity contribution in [2.75, 3.05) is 33.4 Å². The molecule has 1 aromatic rings. The zero-order valence-electron chi connectivity index (χ0n) is 13.4. The molecule has 2 heterocycles. The largest absolute Gasteiger partial charge is 0.383 e. The van der Waals surface area contributed by atoms with E-state index in [2.05, 4.69) is 10.3 Å². The van der Waals surface area contributed by atoms with Gasteiger partial charge < -0.3 is 15.0 Å². The third kappa shape index (κ3) is 4.04. The number of ether oxygens (including phenoxy) is 1. The molecule has 0 radical (unpaired) electrons. The first kappa shape index (κ1) is 16.4. The average Bonchev–Trinajstić information content (AvgIpc) is 2.83. The van der Waals surface area contributed by atoms with Crippen molar-refractivity contribution in [3.05, 3.63) is 29.1 Å². The summed E-state index contributed by atoms with van der Waals surface area (Å²) in [6.45, 7) is 6.05. The monoisotopic (exact) mass is 305 g/mol. The molecular formula is C16H23N3O3. The molecule has 0 aliphatic carbocycles. The van der Waals surface area contributed by atoms with Crippen molar-refractivity contribution in [2.45, 2.75) is 20.3 Å². The van der Waals surface area contributed by atoms with Crippen LogP contribution in [0.3, 0.4) is 0 Å². The first-order chi connectivity index (χ1) is 10.5. The van der Waals surface area contributed by atoms with Gasteiger partial charge >= 0.3 is 0 Å². The molecule has 1 aliphatic rings. The van der Waals surface area contributed by atoms with Crippen LogP contribution in [0.2, 0.25) is 0 Å². The second-order valence-corrected chi connectivity index (χ2v) is 5.70. The van der Waals surface area contributed by atoms with Crippen LogP contribution < -0.4 is 5.32 Å². The molecule has 0 bridgehead atoms. The van der Waals surface area contributed by atoms with Crippen molar-refractivity contribution in [3.8, 4) is 0 Å². The van der Waals surface area contributed by atoms with E-state index in [1.807, 2.05) is 19.9 Å². The van der Waals surface area contributed by atoms with E-state index in [0.717, 1.165) is 11.4 Å². The van der Waals surface area contributed by atoms with E-state index in [9.17, 15) is 9.59 Å². The molecule has 1 aliphatic heterocycles. The zero-order chi connectivity index (χ0) is 16.1. The van der Waals surface area contributed by atoms with E-state index in [1.54, 1.807) is 18.1 Å². The predicted molar refractivity (Wildman–Crippen MR) is 82.6 cm³/mol. The van der Waals surface area contributed by atoms with Gasteiger partial charge in [0.25, 0.3) is 5.91 Å². The minimum absolute atomic E-state index is 0.129. The average molecular weight is 305 g/mol. The maximum Gasteiger partial charge on any atom is 0.253 e. The molecule has 0 saturated carbocycles. The Bertz CT molecular complexity index is 560. The van der Waals surface area contributed by atoms with Crippen molar-refractivity contribution >= 4 is 11.8 Å². The Kier molecular flexibility index (Phi) is 5.49. The number of nitrogens with one attached hydrogen (secondary N) is 1. The Morgan fingerprint density at radius 1 is 1.45 bits per heavy atom.